The van der Waals surface area contributed by atoms with Crippen molar-refractivity contribution in [2.75, 3.05) is 14.2 Å². The summed E-state index contributed by atoms with van der Waals surface area (Å²) in [5.74, 6) is 2.41. The van der Waals surface area contributed by atoms with Crippen molar-refractivity contribution < 1.29 is 9.47 Å². The number of methoxy groups -OCH3 is 2. The van der Waals surface area contributed by atoms with E-state index in [2.05, 4.69) is 10.2 Å². The third-order valence-corrected chi connectivity index (χ3v) is 4.79. The first kappa shape index (κ1) is 14.1. The number of fused-ring (bicyclic) bond motifs is 1. The van der Waals surface area contributed by atoms with Crippen molar-refractivity contribution in [3.63, 3.8) is 0 Å². The average Bonchev–Trinajstić information content (AvgIpc) is 3.05. The van der Waals surface area contributed by atoms with Crippen LogP contribution in [0.3, 0.4) is 0 Å². The first-order chi connectivity index (χ1) is 10.2. The largest absolute Gasteiger partial charge is 0.497 e. The highest BCUT2D eigenvalue weighted by Crippen LogP contribution is 2.44. The van der Waals surface area contributed by atoms with Crippen LogP contribution in [-0.4, -0.2) is 29.0 Å². The minimum absolute atomic E-state index is 0.615. The van der Waals surface area contributed by atoms with Gasteiger partial charge in [0.1, 0.15) is 16.4 Å². The maximum absolute atomic E-state index is 5.61. The highest BCUT2D eigenvalue weighted by atomic mass is 32.1. The van der Waals surface area contributed by atoms with Gasteiger partial charge >= 0.3 is 0 Å². The number of aromatic amines is 1. The monoisotopic (exact) mass is 321 g/mol. The van der Waals surface area contributed by atoms with Gasteiger partial charge in [0.15, 0.2) is 10.6 Å². The summed E-state index contributed by atoms with van der Waals surface area (Å²) < 4.78 is 14.6. The third kappa shape index (κ3) is 2.22. The second kappa shape index (κ2) is 5.50. The minimum Gasteiger partial charge on any atom is -0.497 e. The fourth-order valence-electron chi connectivity index (χ4n) is 2.32. The topological polar surface area (TPSA) is 52.1 Å². The molecule has 1 N–H and O–H groups in total. The van der Waals surface area contributed by atoms with E-state index >= 15 is 0 Å². The van der Waals surface area contributed by atoms with Crippen molar-refractivity contribution in [2.24, 2.45) is 0 Å². The van der Waals surface area contributed by atoms with Gasteiger partial charge in [-0.05, 0) is 37.3 Å². The first-order valence-corrected chi connectivity index (χ1v) is 7.72. The summed E-state index contributed by atoms with van der Waals surface area (Å²) >= 11 is 6.89. The van der Waals surface area contributed by atoms with E-state index in [9.17, 15) is 0 Å². The molecule has 0 saturated heterocycles. The Kier molecular flexibility index (Phi) is 3.69. The SMILES string of the molecule is CCn1c(-c2sc3ccc(OC)cc3c2OC)n[nH]c1=S. The Hall–Kier alpha value is -1.86. The molecule has 0 atom stereocenters. The van der Waals surface area contributed by atoms with E-state index in [0.29, 0.717) is 4.77 Å². The zero-order valence-electron chi connectivity index (χ0n) is 12.0. The molecule has 0 amide bonds. The van der Waals surface area contributed by atoms with Gasteiger partial charge in [0.2, 0.25) is 0 Å². The van der Waals surface area contributed by atoms with Gasteiger partial charge in [0.25, 0.3) is 0 Å². The average molecular weight is 321 g/mol. The maximum Gasteiger partial charge on any atom is 0.195 e. The van der Waals surface area contributed by atoms with Crippen LogP contribution in [0.4, 0.5) is 0 Å². The van der Waals surface area contributed by atoms with Crippen molar-refractivity contribution in [3.8, 4) is 22.2 Å². The van der Waals surface area contributed by atoms with E-state index in [4.69, 9.17) is 21.7 Å². The molecule has 0 bridgehead atoms. The molecule has 2 aromatic heterocycles. The second-order valence-corrected chi connectivity index (χ2v) is 5.86. The smallest absolute Gasteiger partial charge is 0.195 e. The molecule has 0 saturated carbocycles. The van der Waals surface area contributed by atoms with Crippen molar-refractivity contribution in [3.05, 3.63) is 23.0 Å². The molecule has 110 valence electrons. The summed E-state index contributed by atoms with van der Waals surface area (Å²) in [5.41, 5.74) is 0. The predicted molar refractivity (Wildman–Crippen MR) is 87.0 cm³/mol. The van der Waals surface area contributed by atoms with Gasteiger partial charge in [0, 0.05) is 16.6 Å². The van der Waals surface area contributed by atoms with E-state index in [1.165, 1.54) is 0 Å². The maximum atomic E-state index is 5.61. The number of thiophene rings is 1. The van der Waals surface area contributed by atoms with E-state index < -0.39 is 0 Å². The van der Waals surface area contributed by atoms with Crippen LogP contribution in [0.5, 0.6) is 11.5 Å². The van der Waals surface area contributed by atoms with Crippen LogP contribution >= 0.6 is 23.6 Å². The molecule has 3 aromatic rings. The number of hydrogen-bond acceptors (Lipinski definition) is 5. The Morgan fingerprint density at radius 3 is 2.81 bits per heavy atom. The molecule has 0 radical (unpaired) electrons. The predicted octanol–water partition coefficient (Wildman–Crippen LogP) is 3.86. The van der Waals surface area contributed by atoms with Crippen LogP contribution in [0.15, 0.2) is 18.2 Å². The Bertz CT molecular complexity index is 848. The molecule has 0 fully saturated rings. The Morgan fingerprint density at radius 1 is 1.33 bits per heavy atom. The first-order valence-electron chi connectivity index (χ1n) is 6.49. The fraction of sp³-hybridized carbons (Fsp3) is 0.286. The number of hydrogen-bond donors (Lipinski definition) is 1. The molecule has 1 aromatic carbocycles. The lowest BCUT2D eigenvalue weighted by Gasteiger charge is -2.05. The molecule has 7 heteroatoms. The van der Waals surface area contributed by atoms with Gasteiger partial charge in [-0.2, -0.15) is 5.10 Å². The molecule has 0 aliphatic carbocycles. The summed E-state index contributed by atoms with van der Waals surface area (Å²) in [4.78, 5) is 0.968. The highest BCUT2D eigenvalue weighted by Gasteiger charge is 2.19. The third-order valence-electron chi connectivity index (χ3n) is 3.33. The van der Waals surface area contributed by atoms with Crippen molar-refractivity contribution in [2.45, 2.75) is 13.5 Å². The van der Waals surface area contributed by atoms with Crippen LogP contribution in [0.1, 0.15) is 6.92 Å². The number of aromatic nitrogens is 3. The van der Waals surface area contributed by atoms with Gasteiger partial charge in [-0.3, -0.25) is 9.67 Å². The lowest BCUT2D eigenvalue weighted by Crippen LogP contribution is -1.97. The lowest BCUT2D eigenvalue weighted by atomic mass is 10.2. The van der Waals surface area contributed by atoms with Crippen LogP contribution < -0.4 is 9.47 Å². The van der Waals surface area contributed by atoms with E-state index in [1.807, 2.05) is 29.7 Å². The normalized spacial score (nSPS) is 11.0. The summed E-state index contributed by atoms with van der Waals surface area (Å²) in [6.45, 7) is 2.79. The zero-order valence-corrected chi connectivity index (χ0v) is 13.6. The van der Waals surface area contributed by atoms with Crippen molar-refractivity contribution >= 4 is 33.6 Å². The Balaban J connectivity index is 2.29. The molecule has 0 unspecified atom stereocenters. The van der Waals surface area contributed by atoms with Gasteiger partial charge in [-0.15, -0.1) is 11.3 Å². The molecule has 2 heterocycles. The van der Waals surface area contributed by atoms with E-state index in [0.717, 1.165) is 38.8 Å². The molecule has 0 aliphatic heterocycles. The standard InChI is InChI=1S/C14H15N3O2S2/c1-4-17-13(15-16-14(17)20)12-11(19-3)9-7-8(18-2)5-6-10(9)21-12/h5-7H,4H2,1-3H3,(H,16,20). The highest BCUT2D eigenvalue weighted by molar-refractivity contribution is 7.71. The van der Waals surface area contributed by atoms with Gasteiger partial charge in [0.05, 0.1) is 14.2 Å². The summed E-state index contributed by atoms with van der Waals surface area (Å²) in [6.07, 6.45) is 0. The van der Waals surface area contributed by atoms with Crippen molar-refractivity contribution in [1.29, 1.82) is 0 Å². The van der Waals surface area contributed by atoms with Gasteiger partial charge < -0.3 is 9.47 Å². The quantitative estimate of drug-likeness (QED) is 0.741. The number of ether oxygens (including phenoxy) is 2. The summed E-state index contributed by atoms with van der Waals surface area (Å²) in [6, 6.07) is 5.95. The number of H-pyrrole nitrogens is 1. The number of benzene rings is 1. The van der Waals surface area contributed by atoms with Crippen LogP contribution in [0.2, 0.25) is 0 Å². The van der Waals surface area contributed by atoms with E-state index in [-0.39, 0.29) is 0 Å². The van der Waals surface area contributed by atoms with Crippen LogP contribution in [0.25, 0.3) is 20.8 Å². The summed E-state index contributed by atoms with van der Waals surface area (Å²) in [7, 11) is 3.32. The van der Waals surface area contributed by atoms with Crippen molar-refractivity contribution in [1.82, 2.24) is 14.8 Å². The molecule has 0 aliphatic rings. The zero-order chi connectivity index (χ0) is 15.0. The van der Waals surface area contributed by atoms with Gasteiger partial charge in [-0.1, -0.05) is 0 Å². The molecule has 5 nitrogen and oxygen atoms in total. The number of rotatable bonds is 4. The number of nitrogens with one attached hydrogen (secondary N) is 1. The molecule has 3 rings (SSSR count). The minimum atomic E-state index is 0.615. The number of nitrogens with zero attached hydrogens (tertiary/aromatic N) is 2. The lowest BCUT2D eigenvalue weighted by molar-refractivity contribution is 0.413. The Morgan fingerprint density at radius 2 is 2.14 bits per heavy atom. The molecule has 0 spiro atoms. The molecule has 21 heavy (non-hydrogen) atoms. The second-order valence-electron chi connectivity index (χ2n) is 4.42. The van der Waals surface area contributed by atoms with E-state index in [1.54, 1.807) is 25.6 Å². The van der Waals surface area contributed by atoms with Crippen LogP contribution in [0, 0.1) is 4.77 Å². The summed E-state index contributed by atoms with van der Waals surface area (Å²) in [5, 5.41) is 8.22. The van der Waals surface area contributed by atoms with Crippen LogP contribution in [-0.2, 0) is 6.54 Å². The fourth-order valence-corrected chi connectivity index (χ4v) is 3.73. The molecular formula is C14H15N3O2S2. The molecular weight excluding hydrogens is 306 g/mol. The van der Waals surface area contributed by atoms with Gasteiger partial charge in [-0.25, -0.2) is 0 Å². The Labute approximate surface area is 131 Å².